The monoisotopic (exact) mass is 335 g/mol. The number of carbonyl (C=O) groups excluding carboxylic acids is 1. The minimum atomic E-state index is -0.953. The van der Waals surface area contributed by atoms with Crippen LogP contribution in [0, 0.1) is 10.1 Å². The number of esters is 1. The molecule has 1 rings (SSSR count). The van der Waals surface area contributed by atoms with Crippen LogP contribution in [0.5, 0.6) is 0 Å². The Morgan fingerprint density at radius 1 is 1.74 bits per heavy atom. The molecule has 106 valence electrons. The molecule has 0 unspecified atom stereocenters. The maximum atomic E-state index is 11.1. The lowest BCUT2D eigenvalue weighted by Gasteiger charge is -2.11. The smallest absolute Gasteiger partial charge is 0.382 e. The van der Waals surface area contributed by atoms with Gasteiger partial charge in [-0.15, -0.1) is 0 Å². The lowest BCUT2D eigenvalue weighted by atomic mass is 10.3. The molecular weight excluding hydrogens is 322 g/mol. The molecule has 1 heterocycles. The maximum absolute atomic E-state index is 11.1. The first kappa shape index (κ1) is 15.6. The fourth-order valence-corrected chi connectivity index (χ4v) is 1.77. The first-order valence-corrected chi connectivity index (χ1v) is 6.44. The number of aliphatic hydroxyl groups is 1. The van der Waals surface area contributed by atoms with Gasteiger partial charge in [-0.1, -0.05) is 6.92 Å². The average molecular weight is 336 g/mol. The number of hydrogen-bond donors (Lipinski definition) is 1. The SMILES string of the molecule is CCCC(=O)OC[C@@H](O)Cn1cc([N+](=O)[O-])nc1Br. The number of hydrogen-bond acceptors (Lipinski definition) is 6. The number of imidazole rings is 1. The molecule has 0 aliphatic carbocycles. The van der Waals surface area contributed by atoms with E-state index in [9.17, 15) is 20.0 Å². The van der Waals surface area contributed by atoms with Crippen LogP contribution < -0.4 is 0 Å². The Balaban J connectivity index is 2.50. The van der Waals surface area contributed by atoms with Crippen molar-refractivity contribution in [1.29, 1.82) is 0 Å². The maximum Gasteiger partial charge on any atom is 0.382 e. The van der Waals surface area contributed by atoms with Gasteiger partial charge in [-0.25, -0.2) is 0 Å². The highest BCUT2D eigenvalue weighted by atomic mass is 79.9. The van der Waals surface area contributed by atoms with Gasteiger partial charge < -0.3 is 20.0 Å². The molecule has 1 atom stereocenters. The van der Waals surface area contributed by atoms with Gasteiger partial charge in [-0.3, -0.25) is 9.36 Å². The van der Waals surface area contributed by atoms with Crippen molar-refractivity contribution in [3.8, 4) is 0 Å². The third-order valence-corrected chi connectivity index (χ3v) is 2.83. The molecule has 0 radical (unpaired) electrons. The molecular formula is C10H14BrN3O5. The highest BCUT2D eigenvalue weighted by Gasteiger charge is 2.19. The van der Waals surface area contributed by atoms with E-state index >= 15 is 0 Å². The Labute approximate surface area is 117 Å². The van der Waals surface area contributed by atoms with Gasteiger partial charge in [0.1, 0.15) is 18.9 Å². The summed E-state index contributed by atoms with van der Waals surface area (Å²) in [6.45, 7) is 1.73. The fraction of sp³-hybridized carbons (Fsp3) is 0.600. The highest BCUT2D eigenvalue weighted by molar-refractivity contribution is 9.10. The van der Waals surface area contributed by atoms with E-state index in [4.69, 9.17) is 4.74 Å². The largest absolute Gasteiger partial charge is 0.463 e. The van der Waals surface area contributed by atoms with Crippen LogP contribution >= 0.6 is 15.9 Å². The first-order valence-electron chi connectivity index (χ1n) is 5.64. The molecule has 19 heavy (non-hydrogen) atoms. The number of aliphatic hydroxyl groups excluding tert-OH is 1. The summed E-state index contributed by atoms with van der Waals surface area (Å²) in [6, 6.07) is 0. The molecule has 0 aliphatic heterocycles. The number of halogens is 1. The molecule has 8 nitrogen and oxygen atoms in total. The van der Waals surface area contributed by atoms with E-state index in [2.05, 4.69) is 20.9 Å². The summed E-state index contributed by atoms with van der Waals surface area (Å²) in [5.74, 6) is -0.695. The predicted octanol–water partition coefficient (Wildman–Crippen LogP) is 1.26. The highest BCUT2D eigenvalue weighted by Crippen LogP contribution is 2.16. The van der Waals surface area contributed by atoms with Crippen molar-refractivity contribution in [2.75, 3.05) is 6.61 Å². The van der Waals surface area contributed by atoms with Gasteiger partial charge in [-0.2, -0.15) is 0 Å². The molecule has 0 bridgehead atoms. The standard InChI is InChI=1S/C10H14BrN3O5/c1-2-3-9(16)19-6-7(15)4-13-5-8(14(17)18)12-10(13)11/h5,7,15H,2-4,6H2,1H3/t7-/m0/s1. The van der Waals surface area contributed by atoms with Crippen molar-refractivity contribution in [3.05, 3.63) is 21.0 Å². The Morgan fingerprint density at radius 2 is 2.42 bits per heavy atom. The number of ether oxygens (including phenoxy) is 1. The summed E-state index contributed by atoms with van der Waals surface area (Å²) < 4.78 is 6.44. The molecule has 1 aromatic rings. The van der Waals surface area contributed by atoms with Crippen LogP contribution in [0.2, 0.25) is 0 Å². The van der Waals surface area contributed by atoms with Crippen LogP contribution in [-0.2, 0) is 16.1 Å². The van der Waals surface area contributed by atoms with Crippen molar-refractivity contribution in [2.24, 2.45) is 0 Å². The van der Waals surface area contributed by atoms with Gasteiger partial charge in [0.05, 0.1) is 6.54 Å². The van der Waals surface area contributed by atoms with E-state index in [1.54, 1.807) is 0 Å². The summed E-state index contributed by atoms with van der Waals surface area (Å²) in [5.41, 5.74) is 0. The molecule has 0 saturated heterocycles. The molecule has 0 fully saturated rings. The number of aromatic nitrogens is 2. The molecule has 1 aromatic heterocycles. The molecule has 0 saturated carbocycles. The molecule has 0 aliphatic rings. The van der Waals surface area contributed by atoms with Crippen LogP contribution in [0.15, 0.2) is 10.9 Å². The van der Waals surface area contributed by atoms with Gasteiger partial charge >= 0.3 is 11.8 Å². The van der Waals surface area contributed by atoms with Crippen molar-refractivity contribution in [3.63, 3.8) is 0 Å². The van der Waals surface area contributed by atoms with E-state index in [-0.39, 0.29) is 29.7 Å². The van der Waals surface area contributed by atoms with Crippen molar-refractivity contribution >= 4 is 27.7 Å². The zero-order valence-electron chi connectivity index (χ0n) is 10.3. The average Bonchev–Trinajstić information content (AvgIpc) is 2.69. The lowest BCUT2D eigenvalue weighted by Crippen LogP contribution is -2.23. The number of nitro groups is 1. The molecule has 0 amide bonds. The Hall–Kier alpha value is -1.48. The Kier molecular flexibility index (Phi) is 5.90. The lowest BCUT2D eigenvalue weighted by molar-refractivity contribution is -0.389. The zero-order valence-corrected chi connectivity index (χ0v) is 11.9. The zero-order chi connectivity index (χ0) is 14.4. The molecule has 1 N–H and O–H groups in total. The molecule has 0 spiro atoms. The topological polar surface area (TPSA) is 107 Å². The molecule has 9 heteroatoms. The summed E-state index contributed by atoms with van der Waals surface area (Å²) in [7, 11) is 0. The predicted molar refractivity (Wildman–Crippen MR) is 68.5 cm³/mol. The summed E-state index contributed by atoms with van der Waals surface area (Å²) in [6.07, 6.45) is 1.22. The number of rotatable bonds is 7. The van der Waals surface area contributed by atoms with E-state index in [1.165, 1.54) is 10.8 Å². The quantitative estimate of drug-likeness (QED) is 0.456. The number of nitrogens with zero attached hydrogens (tertiary/aromatic N) is 3. The van der Waals surface area contributed by atoms with E-state index < -0.39 is 11.0 Å². The van der Waals surface area contributed by atoms with Gasteiger partial charge in [0.2, 0.25) is 0 Å². The second-order valence-corrected chi connectivity index (χ2v) is 4.57. The van der Waals surface area contributed by atoms with E-state index in [0.717, 1.165) is 0 Å². The Morgan fingerprint density at radius 3 is 2.95 bits per heavy atom. The summed E-state index contributed by atoms with van der Waals surface area (Å²) in [4.78, 5) is 24.6. The van der Waals surface area contributed by atoms with Crippen LogP contribution in [0.3, 0.4) is 0 Å². The van der Waals surface area contributed by atoms with E-state index in [0.29, 0.717) is 12.8 Å². The second-order valence-electron chi connectivity index (χ2n) is 3.86. The molecule has 0 aromatic carbocycles. The van der Waals surface area contributed by atoms with Crippen molar-refractivity contribution < 1.29 is 19.6 Å². The third-order valence-electron chi connectivity index (χ3n) is 2.20. The van der Waals surface area contributed by atoms with Crippen LogP contribution in [-0.4, -0.2) is 38.3 Å². The fourth-order valence-electron chi connectivity index (χ4n) is 1.34. The number of carbonyl (C=O) groups is 1. The van der Waals surface area contributed by atoms with E-state index in [1.807, 2.05) is 6.92 Å². The first-order chi connectivity index (χ1) is 8.93. The van der Waals surface area contributed by atoms with Gasteiger partial charge in [0.25, 0.3) is 4.73 Å². The van der Waals surface area contributed by atoms with Crippen molar-refractivity contribution in [1.82, 2.24) is 9.55 Å². The van der Waals surface area contributed by atoms with Gasteiger partial charge in [-0.05, 0) is 16.3 Å². The van der Waals surface area contributed by atoms with Gasteiger partial charge in [0.15, 0.2) is 0 Å². The minimum Gasteiger partial charge on any atom is -0.463 e. The van der Waals surface area contributed by atoms with Crippen molar-refractivity contribution in [2.45, 2.75) is 32.4 Å². The summed E-state index contributed by atoms with van der Waals surface area (Å²) in [5, 5.41) is 20.2. The normalized spacial score (nSPS) is 12.2. The van der Waals surface area contributed by atoms with Crippen LogP contribution in [0.25, 0.3) is 0 Å². The second kappa shape index (κ2) is 7.19. The third kappa shape index (κ3) is 4.95. The van der Waals surface area contributed by atoms with Gasteiger partial charge in [0, 0.05) is 22.4 Å². The van der Waals surface area contributed by atoms with Crippen LogP contribution in [0.1, 0.15) is 19.8 Å². The van der Waals surface area contributed by atoms with Crippen LogP contribution in [0.4, 0.5) is 5.82 Å². The Bertz CT molecular complexity index is 462. The minimum absolute atomic E-state index is 0.0425. The summed E-state index contributed by atoms with van der Waals surface area (Å²) >= 11 is 3.05.